The first kappa shape index (κ1) is 15.3. The van der Waals surface area contributed by atoms with Crippen molar-refractivity contribution in [2.75, 3.05) is 11.4 Å². The van der Waals surface area contributed by atoms with E-state index in [-0.39, 0.29) is 17.6 Å². The van der Waals surface area contributed by atoms with E-state index in [1.54, 1.807) is 44.0 Å². The van der Waals surface area contributed by atoms with Gasteiger partial charge in [0, 0.05) is 19.8 Å². The second-order valence-electron chi connectivity index (χ2n) is 4.93. The van der Waals surface area contributed by atoms with Gasteiger partial charge in [0.2, 0.25) is 0 Å². The lowest BCUT2D eigenvalue weighted by molar-refractivity contribution is -0.119. The number of halogens is 1. The van der Waals surface area contributed by atoms with Gasteiger partial charge in [-0.05, 0) is 19.1 Å². The highest BCUT2D eigenvalue weighted by molar-refractivity contribution is 6.32. The highest BCUT2D eigenvalue weighted by atomic mass is 35.5. The van der Waals surface area contributed by atoms with E-state index in [4.69, 9.17) is 11.6 Å². The van der Waals surface area contributed by atoms with E-state index in [9.17, 15) is 4.79 Å². The maximum absolute atomic E-state index is 12.5. The molecule has 3 heterocycles. The van der Waals surface area contributed by atoms with Crippen LogP contribution in [0.25, 0.3) is 5.69 Å². The number of likely N-dealkylation sites (N-methyl/N-ethyl adjacent to an activating group) is 1. The summed E-state index contributed by atoms with van der Waals surface area (Å²) in [5.41, 5.74) is 1.34. The Hall–Kier alpha value is -2.61. The monoisotopic (exact) mass is 333 g/mol. The average molecular weight is 334 g/mol. The first-order valence-electron chi connectivity index (χ1n) is 7.10. The summed E-state index contributed by atoms with van der Waals surface area (Å²) in [6.07, 6.45) is 6.72. The molecule has 0 aliphatic rings. The fourth-order valence-corrected chi connectivity index (χ4v) is 2.45. The fourth-order valence-electron chi connectivity index (χ4n) is 2.21. The van der Waals surface area contributed by atoms with Crippen LogP contribution in [0.1, 0.15) is 6.92 Å². The van der Waals surface area contributed by atoms with Gasteiger partial charge in [-0.3, -0.25) is 14.5 Å². The molecule has 120 valence electrons. The molecule has 0 unspecified atom stereocenters. The third kappa shape index (κ3) is 2.98. The van der Waals surface area contributed by atoms with E-state index < -0.39 is 0 Å². The van der Waals surface area contributed by atoms with Crippen LogP contribution in [-0.2, 0) is 18.4 Å². The van der Waals surface area contributed by atoms with Crippen LogP contribution < -0.4 is 4.90 Å². The van der Waals surface area contributed by atoms with Gasteiger partial charge in [-0.25, -0.2) is 4.68 Å². The molecule has 0 aliphatic carbocycles. The number of carbonyl (C=O) groups excluding carboxylic acids is 1. The predicted molar refractivity (Wildman–Crippen MR) is 85.6 cm³/mol. The summed E-state index contributed by atoms with van der Waals surface area (Å²) in [7, 11) is 1.82. The third-order valence-electron chi connectivity index (χ3n) is 3.46. The second kappa shape index (κ2) is 6.25. The van der Waals surface area contributed by atoms with E-state index in [0.717, 1.165) is 5.69 Å². The number of anilines is 1. The van der Waals surface area contributed by atoms with Crippen molar-refractivity contribution in [3.63, 3.8) is 0 Å². The van der Waals surface area contributed by atoms with Crippen molar-refractivity contribution in [2.24, 2.45) is 7.05 Å². The summed E-state index contributed by atoms with van der Waals surface area (Å²) in [5.74, 6) is -0.108. The summed E-state index contributed by atoms with van der Waals surface area (Å²) in [4.78, 5) is 19.7. The summed E-state index contributed by atoms with van der Waals surface area (Å²) in [6.45, 7) is 2.52. The van der Waals surface area contributed by atoms with E-state index in [2.05, 4.69) is 15.2 Å². The highest BCUT2D eigenvalue weighted by Crippen LogP contribution is 2.26. The van der Waals surface area contributed by atoms with Gasteiger partial charge in [0.1, 0.15) is 18.6 Å². The number of hydrogen-bond donors (Lipinski definition) is 0. The Kier molecular flexibility index (Phi) is 4.16. The fraction of sp³-hybridized carbons (Fsp3) is 0.286. The van der Waals surface area contributed by atoms with Gasteiger partial charge in [0.25, 0.3) is 5.91 Å². The van der Waals surface area contributed by atoms with E-state index >= 15 is 0 Å². The Morgan fingerprint density at radius 1 is 1.43 bits per heavy atom. The summed E-state index contributed by atoms with van der Waals surface area (Å²) >= 11 is 6.23. The van der Waals surface area contributed by atoms with Gasteiger partial charge in [0.15, 0.2) is 5.15 Å². The molecular weight excluding hydrogens is 318 g/mol. The third-order valence-corrected chi connectivity index (χ3v) is 3.73. The number of hydrogen-bond acceptors (Lipinski definition) is 4. The van der Waals surface area contributed by atoms with Gasteiger partial charge >= 0.3 is 0 Å². The molecule has 1 amide bonds. The zero-order chi connectivity index (χ0) is 16.4. The number of rotatable bonds is 5. The Morgan fingerprint density at radius 2 is 2.26 bits per heavy atom. The maximum Gasteiger partial charge on any atom is 0.250 e. The molecule has 0 saturated carbocycles. The van der Waals surface area contributed by atoms with Crippen LogP contribution in [0.5, 0.6) is 0 Å². The molecule has 3 rings (SSSR count). The highest BCUT2D eigenvalue weighted by Gasteiger charge is 2.21. The van der Waals surface area contributed by atoms with Gasteiger partial charge in [-0.1, -0.05) is 11.6 Å². The molecule has 0 fully saturated rings. The lowest BCUT2D eigenvalue weighted by Crippen LogP contribution is -2.37. The zero-order valence-electron chi connectivity index (χ0n) is 12.8. The van der Waals surface area contributed by atoms with Crippen LogP contribution in [0, 0.1) is 0 Å². The lowest BCUT2D eigenvalue weighted by atomic mass is 10.4. The zero-order valence-corrected chi connectivity index (χ0v) is 13.6. The molecule has 23 heavy (non-hydrogen) atoms. The Labute approximate surface area is 137 Å². The standard InChI is InChI=1S/C14H16ClN7O/c1-3-20(13(23)9-22-17-10-19(22)2)12-8-21(18-14(12)15)11-5-4-6-16-7-11/h4-8,10H,3,9H2,1-2H3. The van der Waals surface area contributed by atoms with Crippen molar-refractivity contribution < 1.29 is 4.79 Å². The van der Waals surface area contributed by atoms with E-state index in [0.29, 0.717) is 12.2 Å². The van der Waals surface area contributed by atoms with Crippen molar-refractivity contribution >= 4 is 23.2 Å². The summed E-state index contributed by atoms with van der Waals surface area (Å²) in [6, 6.07) is 3.67. The maximum atomic E-state index is 12.5. The molecule has 0 radical (unpaired) electrons. The van der Waals surface area contributed by atoms with Crippen LogP contribution in [0.4, 0.5) is 5.69 Å². The molecule has 0 atom stereocenters. The number of carbonyl (C=O) groups is 1. The summed E-state index contributed by atoms with van der Waals surface area (Å²) < 4.78 is 3.35. The van der Waals surface area contributed by atoms with Gasteiger partial charge in [-0.15, -0.1) is 5.10 Å². The minimum absolute atomic E-state index is 0.108. The van der Waals surface area contributed by atoms with Crippen LogP contribution >= 0.6 is 11.6 Å². The Bertz CT molecular complexity index is 804. The number of aryl methyl sites for hydroxylation is 1. The molecule has 0 N–H and O–H groups in total. The van der Waals surface area contributed by atoms with Gasteiger partial charge < -0.3 is 4.90 Å². The summed E-state index contributed by atoms with van der Waals surface area (Å²) in [5, 5.41) is 8.52. The number of nitrogens with zero attached hydrogens (tertiary/aromatic N) is 7. The molecule has 8 nitrogen and oxygen atoms in total. The first-order chi connectivity index (χ1) is 11.1. The first-order valence-corrected chi connectivity index (χ1v) is 7.48. The van der Waals surface area contributed by atoms with Crippen molar-refractivity contribution in [3.8, 4) is 5.69 Å². The topological polar surface area (TPSA) is 73.8 Å². The lowest BCUT2D eigenvalue weighted by Gasteiger charge is -2.21. The van der Waals surface area contributed by atoms with Crippen LogP contribution in [0.2, 0.25) is 5.15 Å². The number of aromatic nitrogens is 6. The quantitative estimate of drug-likeness (QED) is 0.709. The van der Waals surface area contributed by atoms with Gasteiger partial charge in [0.05, 0.1) is 18.1 Å². The largest absolute Gasteiger partial charge is 0.307 e. The molecule has 0 bridgehead atoms. The molecule has 9 heteroatoms. The van der Waals surface area contributed by atoms with E-state index in [1.807, 2.05) is 26.1 Å². The molecule has 0 aromatic carbocycles. The van der Waals surface area contributed by atoms with E-state index in [1.165, 1.54) is 0 Å². The minimum Gasteiger partial charge on any atom is -0.307 e. The van der Waals surface area contributed by atoms with Crippen molar-refractivity contribution in [2.45, 2.75) is 13.5 Å². The predicted octanol–water partition coefficient (Wildman–Crippen LogP) is 1.51. The van der Waals surface area contributed by atoms with Gasteiger partial charge in [-0.2, -0.15) is 9.90 Å². The average Bonchev–Trinajstić information content (AvgIpc) is 2.94. The molecule has 3 aromatic rings. The molecule has 3 aromatic heterocycles. The normalized spacial score (nSPS) is 10.9. The Morgan fingerprint density at radius 3 is 2.83 bits per heavy atom. The van der Waals surface area contributed by atoms with Crippen molar-refractivity contribution in [1.29, 1.82) is 0 Å². The minimum atomic E-state index is -0.108. The smallest absolute Gasteiger partial charge is 0.250 e. The van der Waals surface area contributed by atoms with Crippen LogP contribution in [0.15, 0.2) is 37.1 Å². The van der Waals surface area contributed by atoms with Crippen molar-refractivity contribution in [3.05, 3.63) is 42.2 Å². The SMILES string of the molecule is CCN(C(=O)Cn1ncn1C)c1cn(-c2cccnc2)nc1Cl. The molecule has 0 aliphatic heterocycles. The molecule has 0 spiro atoms. The number of pyridine rings is 1. The van der Waals surface area contributed by atoms with Crippen LogP contribution in [0.3, 0.4) is 0 Å². The van der Waals surface area contributed by atoms with Crippen LogP contribution in [-0.4, -0.2) is 41.8 Å². The molecular formula is C14H16ClN7O. The number of amides is 1. The Balaban J connectivity index is 1.86. The molecule has 0 saturated heterocycles. The second-order valence-corrected chi connectivity index (χ2v) is 5.29. The van der Waals surface area contributed by atoms with Crippen molar-refractivity contribution in [1.82, 2.24) is 29.3 Å².